The molecular weight excluding hydrogens is 279 g/mol. The number of benzene rings is 1. The molecule has 110 valence electrons. The van der Waals surface area contributed by atoms with E-state index in [1.807, 2.05) is 0 Å². The van der Waals surface area contributed by atoms with Crippen molar-refractivity contribution in [3.05, 3.63) is 30.1 Å². The van der Waals surface area contributed by atoms with Crippen LogP contribution in [0.25, 0.3) is 0 Å². The van der Waals surface area contributed by atoms with E-state index in [1.165, 1.54) is 6.07 Å². The van der Waals surface area contributed by atoms with E-state index < -0.39 is 0 Å². The van der Waals surface area contributed by atoms with Crippen LogP contribution >= 0.6 is 11.8 Å². The molecule has 1 saturated heterocycles. The molecule has 1 fully saturated rings. The molecule has 0 saturated carbocycles. The Morgan fingerprint density at radius 1 is 1.55 bits per heavy atom. The fraction of sp³-hybridized carbons (Fsp3) is 0.500. The summed E-state index contributed by atoms with van der Waals surface area (Å²) in [5.41, 5.74) is 0. The Bertz CT molecular complexity index is 453. The second-order valence-corrected chi connectivity index (χ2v) is 5.77. The minimum Gasteiger partial charge on any atom is -0.489 e. The van der Waals surface area contributed by atoms with Crippen LogP contribution in [-0.4, -0.2) is 55.1 Å². The van der Waals surface area contributed by atoms with Gasteiger partial charge in [-0.25, -0.2) is 4.39 Å². The van der Waals surface area contributed by atoms with Gasteiger partial charge in [0.1, 0.15) is 6.61 Å². The van der Waals surface area contributed by atoms with Crippen LogP contribution in [0.4, 0.5) is 4.39 Å². The van der Waals surface area contributed by atoms with Gasteiger partial charge in [0.25, 0.3) is 0 Å². The van der Waals surface area contributed by atoms with Crippen molar-refractivity contribution in [1.29, 1.82) is 0 Å². The van der Waals surface area contributed by atoms with Crippen molar-refractivity contribution >= 4 is 17.7 Å². The Hall–Kier alpha value is -1.27. The number of para-hydroxylation sites is 1. The van der Waals surface area contributed by atoms with E-state index >= 15 is 0 Å². The third-order valence-electron chi connectivity index (χ3n) is 3.12. The quantitative estimate of drug-likeness (QED) is 0.891. The summed E-state index contributed by atoms with van der Waals surface area (Å²) in [5.74, 6) is 1.75. The van der Waals surface area contributed by atoms with Gasteiger partial charge < -0.3 is 15.0 Å². The summed E-state index contributed by atoms with van der Waals surface area (Å²) < 4.78 is 18.7. The van der Waals surface area contributed by atoms with E-state index in [0.29, 0.717) is 6.54 Å². The van der Waals surface area contributed by atoms with E-state index in [-0.39, 0.29) is 30.1 Å². The lowest BCUT2D eigenvalue weighted by atomic mass is 10.3. The lowest BCUT2D eigenvalue weighted by Crippen LogP contribution is -2.50. The van der Waals surface area contributed by atoms with Gasteiger partial charge in [-0.3, -0.25) is 4.79 Å². The van der Waals surface area contributed by atoms with Crippen LogP contribution < -0.4 is 10.1 Å². The Morgan fingerprint density at radius 3 is 3.05 bits per heavy atom. The van der Waals surface area contributed by atoms with E-state index in [4.69, 9.17) is 4.74 Å². The molecule has 1 aromatic carbocycles. The number of hydrogen-bond acceptors (Lipinski definition) is 4. The molecule has 0 aromatic heterocycles. The van der Waals surface area contributed by atoms with Gasteiger partial charge in [0, 0.05) is 25.1 Å². The first-order valence-corrected chi connectivity index (χ1v) is 7.77. The van der Waals surface area contributed by atoms with Crippen LogP contribution in [0.2, 0.25) is 0 Å². The predicted molar refractivity (Wildman–Crippen MR) is 78.6 cm³/mol. The number of amides is 1. The number of rotatable bonds is 5. The maximum atomic E-state index is 13.3. The molecule has 1 heterocycles. The highest BCUT2D eigenvalue weighted by molar-refractivity contribution is 7.99. The molecule has 1 aromatic rings. The van der Waals surface area contributed by atoms with Crippen molar-refractivity contribution in [2.24, 2.45) is 0 Å². The van der Waals surface area contributed by atoms with E-state index in [2.05, 4.69) is 5.32 Å². The normalized spacial score (nSPS) is 18.6. The molecule has 0 spiro atoms. The highest BCUT2D eigenvalue weighted by Crippen LogP contribution is 2.15. The molecule has 2 rings (SSSR count). The highest BCUT2D eigenvalue weighted by Gasteiger charge is 2.23. The van der Waals surface area contributed by atoms with Gasteiger partial charge >= 0.3 is 0 Å². The molecule has 20 heavy (non-hydrogen) atoms. The minimum absolute atomic E-state index is 0.0642. The summed E-state index contributed by atoms with van der Waals surface area (Å²) in [5, 5.41) is 3.20. The average Bonchev–Trinajstić information content (AvgIpc) is 2.49. The average molecular weight is 298 g/mol. The van der Waals surface area contributed by atoms with Crippen molar-refractivity contribution in [1.82, 2.24) is 10.2 Å². The van der Waals surface area contributed by atoms with Crippen molar-refractivity contribution in [3.8, 4) is 5.75 Å². The number of thioether (sulfide) groups is 1. The fourth-order valence-corrected chi connectivity index (χ4v) is 2.88. The molecule has 0 aliphatic carbocycles. The molecule has 0 radical (unpaired) electrons. The summed E-state index contributed by atoms with van der Waals surface area (Å²) in [4.78, 5) is 13.8. The Labute approximate surface area is 122 Å². The van der Waals surface area contributed by atoms with Crippen LogP contribution in [0.15, 0.2) is 24.3 Å². The van der Waals surface area contributed by atoms with Crippen LogP contribution in [0.3, 0.4) is 0 Å². The van der Waals surface area contributed by atoms with E-state index in [9.17, 15) is 9.18 Å². The lowest BCUT2D eigenvalue weighted by Gasteiger charge is -2.27. The summed E-state index contributed by atoms with van der Waals surface area (Å²) in [6, 6.07) is 6.15. The molecule has 1 unspecified atom stereocenters. The van der Waals surface area contributed by atoms with Gasteiger partial charge in [-0.15, -0.1) is 0 Å². The number of nitrogens with one attached hydrogen (secondary N) is 1. The topological polar surface area (TPSA) is 41.6 Å². The summed E-state index contributed by atoms with van der Waals surface area (Å²) >= 11 is 1.78. The van der Waals surface area contributed by atoms with Crippen molar-refractivity contribution in [3.63, 3.8) is 0 Å². The molecule has 1 N–H and O–H groups in total. The van der Waals surface area contributed by atoms with Crippen LogP contribution in [-0.2, 0) is 4.79 Å². The van der Waals surface area contributed by atoms with Gasteiger partial charge in [-0.2, -0.15) is 11.8 Å². The van der Waals surface area contributed by atoms with Gasteiger partial charge in [0.05, 0.1) is 12.6 Å². The summed E-state index contributed by atoms with van der Waals surface area (Å²) in [6.45, 7) is 1.58. The number of ether oxygens (including phenoxy) is 1. The standard InChI is InChI=1S/C14H19FN2O2S/c1-17(14(18)12-10-20-9-6-16-12)7-8-19-13-5-3-2-4-11(13)15/h2-5,12,16H,6-10H2,1H3. The lowest BCUT2D eigenvalue weighted by molar-refractivity contribution is -0.131. The molecule has 1 aliphatic heterocycles. The van der Waals surface area contributed by atoms with Gasteiger partial charge in [-0.05, 0) is 12.1 Å². The molecule has 4 nitrogen and oxygen atoms in total. The smallest absolute Gasteiger partial charge is 0.240 e. The Morgan fingerprint density at radius 2 is 2.35 bits per heavy atom. The first-order valence-electron chi connectivity index (χ1n) is 6.62. The zero-order chi connectivity index (χ0) is 14.4. The Balaban J connectivity index is 1.75. The molecule has 1 aliphatic rings. The third kappa shape index (κ3) is 4.11. The molecule has 6 heteroatoms. The van der Waals surface area contributed by atoms with E-state index in [0.717, 1.165) is 18.1 Å². The number of likely N-dealkylation sites (N-methyl/N-ethyl adjacent to an activating group) is 1. The number of carbonyl (C=O) groups is 1. The van der Waals surface area contributed by atoms with Crippen molar-refractivity contribution < 1.29 is 13.9 Å². The zero-order valence-corrected chi connectivity index (χ0v) is 12.3. The summed E-state index contributed by atoms with van der Waals surface area (Å²) in [6.07, 6.45) is 0. The monoisotopic (exact) mass is 298 g/mol. The van der Waals surface area contributed by atoms with Crippen LogP contribution in [0.1, 0.15) is 0 Å². The molecule has 0 bridgehead atoms. The highest BCUT2D eigenvalue weighted by atomic mass is 32.2. The van der Waals surface area contributed by atoms with Crippen molar-refractivity contribution in [2.45, 2.75) is 6.04 Å². The van der Waals surface area contributed by atoms with Crippen molar-refractivity contribution in [2.75, 3.05) is 38.2 Å². The summed E-state index contributed by atoms with van der Waals surface area (Å²) in [7, 11) is 1.74. The van der Waals surface area contributed by atoms with E-state index in [1.54, 1.807) is 41.9 Å². The number of carbonyl (C=O) groups excluding carboxylic acids is 1. The first-order chi connectivity index (χ1) is 9.68. The fourth-order valence-electron chi connectivity index (χ4n) is 1.95. The maximum Gasteiger partial charge on any atom is 0.240 e. The molecular formula is C14H19FN2O2S. The number of hydrogen-bond donors (Lipinski definition) is 1. The number of halogens is 1. The van der Waals surface area contributed by atoms with Crippen LogP contribution in [0.5, 0.6) is 5.75 Å². The van der Waals surface area contributed by atoms with Gasteiger partial charge in [0.15, 0.2) is 11.6 Å². The number of nitrogens with zero attached hydrogens (tertiary/aromatic N) is 1. The molecule has 1 atom stereocenters. The first kappa shape index (κ1) is 15.1. The van der Waals surface area contributed by atoms with Crippen LogP contribution in [0, 0.1) is 5.82 Å². The largest absolute Gasteiger partial charge is 0.489 e. The third-order valence-corrected chi connectivity index (χ3v) is 4.18. The second kappa shape index (κ2) is 7.50. The maximum absolute atomic E-state index is 13.3. The minimum atomic E-state index is -0.383. The van der Waals surface area contributed by atoms with Gasteiger partial charge in [-0.1, -0.05) is 12.1 Å². The predicted octanol–water partition coefficient (Wildman–Crippen LogP) is 1.37. The Kier molecular flexibility index (Phi) is 5.67. The zero-order valence-electron chi connectivity index (χ0n) is 11.5. The van der Waals surface area contributed by atoms with Gasteiger partial charge in [0.2, 0.25) is 5.91 Å². The second-order valence-electron chi connectivity index (χ2n) is 4.62. The molecule has 1 amide bonds. The SMILES string of the molecule is CN(CCOc1ccccc1F)C(=O)C1CSCCN1.